The molecule has 0 bridgehead atoms. The summed E-state index contributed by atoms with van der Waals surface area (Å²) in [5.41, 5.74) is 3.34. The molecule has 0 saturated carbocycles. The maximum atomic E-state index is 13.0. The van der Waals surface area contributed by atoms with Crippen LogP contribution in [0.3, 0.4) is 0 Å². The molecule has 32 heavy (non-hydrogen) atoms. The van der Waals surface area contributed by atoms with Crippen molar-refractivity contribution in [3.63, 3.8) is 0 Å². The van der Waals surface area contributed by atoms with Crippen molar-refractivity contribution in [2.45, 2.75) is 25.7 Å². The zero-order chi connectivity index (χ0) is 23.7. The van der Waals surface area contributed by atoms with Crippen molar-refractivity contribution in [2.75, 3.05) is 41.7 Å². The molecule has 1 saturated heterocycles. The van der Waals surface area contributed by atoms with E-state index in [1.807, 2.05) is 12.1 Å². The van der Waals surface area contributed by atoms with Gasteiger partial charge in [-0.2, -0.15) is 0 Å². The largest absolute Gasteiger partial charge is 0.339 e. The summed E-state index contributed by atoms with van der Waals surface area (Å²) in [4.78, 5) is 14.8. The molecule has 1 aliphatic heterocycles. The van der Waals surface area contributed by atoms with Crippen LogP contribution < -0.4 is 9.03 Å². The van der Waals surface area contributed by atoms with Gasteiger partial charge in [-0.25, -0.2) is 16.8 Å². The Balaban J connectivity index is 1.66. The second-order valence-electron chi connectivity index (χ2n) is 8.29. The zero-order valence-corrected chi connectivity index (χ0v) is 20.3. The van der Waals surface area contributed by atoms with Gasteiger partial charge in [0, 0.05) is 25.7 Å². The van der Waals surface area contributed by atoms with Gasteiger partial charge < -0.3 is 4.90 Å². The summed E-state index contributed by atoms with van der Waals surface area (Å²) in [6.07, 6.45) is 3.85. The quantitative estimate of drug-likeness (QED) is 0.686. The topological polar surface area (TPSA) is 104 Å². The number of aryl methyl sites for hydroxylation is 1. The van der Waals surface area contributed by atoms with E-state index < -0.39 is 20.0 Å². The number of sulfonamides is 2. The average Bonchev–Trinajstić information content (AvgIpc) is 2.73. The predicted molar refractivity (Wildman–Crippen MR) is 127 cm³/mol. The lowest BCUT2D eigenvalue weighted by molar-refractivity contribution is 0.0713. The number of carbonyl (C=O) groups excluding carboxylic acids is 1. The van der Waals surface area contributed by atoms with E-state index in [-0.39, 0.29) is 11.8 Å². The van der Waals surface area contributed by atoms with E-state index >= 15 is 0 Å². The van der Waals surface area contributed by atoms with Crippen LogP contribution in [-0.4, -0.2) is 60.3 Å². The SMILES string of the molecule is Cc1ccc(C(=O)N2CCC(c3ccc(N(C)S(C)(=O)=O)cc3)CC2)cc1NS(C)(=O)=O. The molecule has 2 aromatic rings. The summed E-state index contributed by atoms with van der Waals surface area (Å²) in [5.74, 6) is 0.169. The first-order chi connectivity index (χ1) is 14.8. The van der Waals surface area contributed by atoms with E-state index in [9.17, 15) is 21.6 Å². The number of likely N-dealkylation sites (tertiary alicyclic amines) is 1. The highest BCUT2D eigenvalue weighted by molar-refractivity contribution is 7.92. The van der Waals surface area contributed by atoms with E-state index in [1.54, 1.807) is 42.2 Å². The van der Waals surface area contributed by atoms with Crippen LogP contribution in [-0.2, 0) is 20.0 Å². The number of carbonyl (C=O) groups is 1. The van der Waals surface area contributed by atoms with Crippen LogP contribution in [0.4, 0.5) is 11.4 Å². The molecular weight excluding hydrogens is 450 g/mol. The van der Waals surface area contributed by atoms with Crippen molar-refractivity contribution in [3.05, 3.63) is 59.2 Å². The van der Waals surface area contributed by atoms with Gasteiger partial charge in [0.2, 0.25) is 20.0 Å². The number of nitrogens with zero attached hydrogens (tertiary/aromatic N) is 2. The Kier molecular flexibility index (Phi) is 6.85. The van der Waals surface area contributed by atoms with Crippen molar-refractivity contribution < 1.29 is 21.6 Å². The number of anilines is 2. The monoisotopic (exact) mass is 479 g/mol. The summed E-state index contributed by atoms with van der Waals surface area (Å²) < 4.78 is 50.2. The summed E-state index contributed by atoms with van der Waals surface area (Å²) >= 11 is 0. The van der Waals surface area contributed by atoms with Gasteiger partial charge in [-0.05, 0) is 61.1 Å². The number of amides is 1. The zero-order valence-electron chi connectivity index (χ0n) is 18.7. The molecule has 0 radical (unpaired) electrons. The maximum Gasteiger partial charge on any atom is 0.253 e. The number of benzene rings is 2. The molecule has 10 heteroatoms. The molecule has 0 atom stereocenters. The molecule has 1 fully saturated rings. The first kappa shape index (κ1) is 24.1. The summed E-state index contributed by atoms with van der Waals surface area (Å²) in [5, 5.41) is 0. The molecule has 174 valence electrons. The summed E-state index contributed by atoms with van der Waals surface area (Å²) in [6, 6.07) is 12.5. The van der Waals surface area contributed by atoms with Gasteiger partial charge in [-0.1, -0.05) is 18.2 Å². The van der Waals surface area contributed by atoms with Crippen LogP contribution >= 0.6 is 0 Å². The molecule has 1 heterocycles. The summed E-state index contributed by atoms with van der Waals surface area (Å²) in [7, 11) is -5.21. The fourth-order valence-corrected chi connectivity index (χ4v) is 4.94. The lowest BCUT2D eigenvalue weighted by Crippen LogP contribution is -2.38. The number of hydrogen-bond acceptors (Lipinski definition) is 5. The fourth-order valence-electron chi connectivity index (χ4n) is 3.81. The minimum atomic E-state index is -3.43. The van der Waals surface area contributed by atoms with Crippen molar-refractivity contribution in [2.24, 2.45) is 0 Å². The molecule has 1 aliphatic rings. The average molecular weight is 480 g/mol. The first-order valence-corrected chi connectivity index (χ1v) is 14.0. The van der Waals surface area contributed by atoms with E-state index in [2.05, 4.69) is 4.72 Å². The normalized spacial score (nSPS) is 15.4. The minimum absolute atomic E-state index is 0.120. The number of piperidine rings is 1. The van der Waals surface area contributed by atoms with Crippen LogP contribution in [0.25, 0.3) is 0 Å². The third-order valence-corrected chi connectivity index (χ3v) is 7.58. The number of hydrogen-bond donors (Lipinski definition) is 1. The van der Waals surface area contributed by atoms with Crippen molar-refractivity contribution in [3.8, 4) is 0 Å². The Morgan fingerprint density at radius 2 is 1.59 bits per heavy atom. The van der Waals surface area contributed by atoms with Crippen LogP contribution in [0, 0.1) is 6.92 Å². The van der Waals surface area contributed by atoms with E-state index in [4.69, 9.17) is 0 Å². The molecule has 1 amide bonds. The Bertz CT molecular complexity index is 1200. The lowest BCUT2D eigenvalue weighted by atomic mass is 9.89. The Hall–Kier alpha value is -2.59. The third kappa shape index (κ3) is 5.80. The van der Waals surface area contributed by atoms with Gasteiger partial charge in [0.25, 0.3) is 5.91 Å². The van der Waals surface area contributed by atoms with Gasteiger partial charge in [0.05, 0.1) is 23.9 Å². The molecule has 0 aromatic heterocycles. The van der Waals surface area contributed by atoms with Crippen molar-refractivity contribution in [1.29, 1.82) is 0 Å². The minimum Gasteiger partial charge on any atom is -0.339 e. The summed E-state index contributed by atoms with van der Waals surface area (Å²) in [6.45, 7) is 2.97. The van der Waals surface area contributed by atoms with Gasteiger partial charge in [-0.15, -0.1) is 0 Å². The lowest BCUT2D eigenvalue weighted by Gasteiger charge is -2.32. The number of nitrogens with one attached hydrogen (secondary N) is 1. The third-order valence-electron chi connectivity index (χ3n) is 5.79. The van der Waals surface area contributed by atoms with Crippen LogP contribution in [0.2, 0.25) is 0 Å². The van der Waals surface area contributed by atoms with Crippen LogP contribution in [0.15, 0.2) is 42.5 Å². The first-order valence-electron chi connectivity index (χ1n) is 10.3. The Morgan fingerprint density at radius 3 is 2.12 bits per heavy atom. The highest BCUT2D eigenvalue weighted by Gasteiger charge is 2.25. The van der Waals surface area contributed by atoms with Crippen LogP contribution in [0.5, 0.6) is 0 Å². The second kappa shape index (κ2) is 9.11. The molecule has 0 spiro atoms. The maximum absolute atomic E-state index is 13.0. The highest BCUT2D eigenvalue weighted by Crippen LogP contribution is 2.30. The van der Waals surface area contributed by atoms with Crippen molar-refractivity contribution in [1.82, 2.24) is 4.90 Å². The van der Waals surface area contributed by atoms with E-state index in [1.165, 1.54) is 17.6 Å². The van der Waals surface area contributed by atoms with Gasteiger partial charge >= 0.3 is 0 Å². The van der Waals surface area contributed by atoms with Gasteiger partial charge in [-0.3, -0.25) is 13.8 Å². The second-order valence-corrected chi connectivity index (χ2v) is 12.1. The molecular formula is C22H29N3O5S2. The molecule has 0 unspecified atom stereocenters. The fraction of sp³-hybridized carbons (Fsp3) is 0.409. The Morgan fingerprint density at radius 1 is 1.00 bits per heavy atom. The molecule has 2 aromatic carbocycles. The molecule has 3 rings (SSSR count). The molecule has 1 N–H and O–H groups in total. The Labute approximate surface area is 190 Å². The van der Waals surface area contributed by atoms with E-state index in [0.29, 0.717) is 30.0 Å². The van der Waals surface area contributed by atoms with Crippen molar-refractivity contribution >= 4 is 37.3 Å². The molecule has 8 nitrogen and oxygen atoms in total. The highest BCUT2D eigenvalue weighted by atomic mass is 32.2. The number of rotatable bonds is 6. The van der Waals surface area contributed by atoms with E-state index in [0.717, 1.165) is 30.2 Å². The van der Waals surface area contributed by atoms with Gasteiger partial charge in [0.1, 0.15) is 0 Å². The molecule has 0 aliphatic carbocycles. The predicted octanol–water partition coefficient (Wildman–Crippen LogP) is 2.78. The van der Waals surface area contributed by atoms with Gasteiger partial charge in [0.15, 0.2) is 0 Å². The van der Waals surface area contributed by atoms with Crippen LogP contribution in [0.1, 0.15) is 40.2 Å². The standard InChI is InChI=1S/C22H29N3O5S2/c1-16-5-6-19(15-21(16)23-31(3,27)28)22(26)25-13-11-18(12-14-25)17-7-9-20(10-8-17)24(2)32(4,29)30/h5-10,15,18,23H,11-14H2,1-4H3. The smallest absolute Gasteiger partial charge is 0.253 e.